The fourth-order valence-electron chi connectivity index (χ4n) is 2.73. The Morgan fingerprint density at radius 1 is 1.24 bits per heavy atom. The first-order valence-corrected chi connectivity index (χ1v) is 6.37. The molecule has 0 unspecified atom stereocenters. The number of likely N-dealkylation sites (tertiary alicyclic amines) is 1. The molecule has 0 atom stereocenters. The number of hydrogen-bond acceptors (Lipinski definition) is 3. The zero-order chi connectivity index (χ0) is 12.3. The summed E-state index contributed by atoms with van der Waals surface area (Å²) in [4.78, 5) is 24.1. The van der Waals surface area contributed by atoms with Crippen LogP contribution in [0.4, 0.5) is 0 Å². The standard InChI is InChI=1S/C12H20N2O3/c15-11(13-10-3-1-2-4-10)8-14-6-9(7-14)5-12(16)17/h9-10H,1-8H2,(H,13,15)(H,16,17). The van der Waals surface area contributed by atoms with Gasteiger partial charge in [0.25, 0.3) is 0 Å². The zero-order valence-electron chi connectivity index (χ0n) is 10.0. The molecule has 1 aliphatic heterocycles. The molecular formula is C12H20N2O3. The summed E-state index contributed by atoms with van der Waals surface area (Å²) < 4.78 is 0. The minimum atomic E-state index is -0.745. The van der Waals surface area contributed by atoms with Crippen molar-refractivity contribution in [3.63, 3.8) is 0 Å². The number of carbonyl (C=O) groups excluding carboxylic acids is 1. The molecule has 0 aromatic heterocycles. The second kappa shape index (κ2) is 5.49. The van der Waals surface area contributed by atoms with Gasteiger partial charge >= 0.3 is 5.97 Å². The van der Waals surface area contributed by atoms with Gasteiger partial charge in [-0.05, 0) is 18.8 Å². The molecule has 0 aromatic rings. The van der Waals surface area contributed by atoms with Gasteiger partial charge in [-0.2, -0.15) is 0 Å². The lowest BCUT2D eigenvalue weighted by Crippen LogP contribution is -2.52. The molecule has 1 saturated heterocycles. The maximum absolute atomic E-state index is 11.7. The highest BCUT2D eigenvalue weighted by molar-refractivity contribution is 5.78. The Bertz CT molecular complexity index is 294. The molecule has 2 N–H and O–H groups in total. The van der Waals surface area contributed by atoms with E-state index in [1.807, 2.05) is 4.90 Å². The van der Waals surface area contributed by atoms with Gasteiger partial charge in [-0.15, -0.1) is 0 Å². The van der Waals surface area contributed by atoms with Crippen molar-refractivity contribution < 1.29 is 14.7 Å². The van der Waals surface area contributed by atoms with Gasteiger partial charge in [-0.3, -0.25) is 14.5 Å². The molecule has 5 heteroatoms. The van der Waals surface area contributed by atoms with E-state index in [9.17, 15) is 9.59 Å². The van der Waals surface area contributed by atoms with E-state index in [2.05, 4.69) is 5.32 Å². The van der Waals surface area contributed by atoms with Gasteiger partial charge in [-0.1, -0.05) is 12.8 Å². The number of hydrogen-bond donors (Lipinski definition) is 2. The molecular weight excluding hydrogens is 220 g/mol. The van der Waals surface area contributed by atoms with E-state index < -0.39 is 5.97 Å². The van der Waals surface area contributed by atoms with Gasteiger partial charge in [-0.25, -0.2) is 0 Å². The van der Waals surface area contributed by atoms with Crippen LogP contribution in [0.15, 0.2) is 0 Å². The van der Waals surface area contributed by atoms with Crippen LogP contribution >= 0.6 is 0 Å². The van der Waals surface area contributed by atoms with Crippen molar-refractivity contribution in [1.82, 2.24) is 10.2 Å². The first-order valence-electron chi connectivity index (χ1n) is 6.37. The second-order valence-electron chi connectivity index (χ2n) is 5.21. The fourth-order valence-corrected chi connectivity index (χ4v) is 2.73. The molecule has 0 bridgehead atoms. The third kappa shape index (κ3) is 3.70. The predicted molar refractivity (Wildman–Crippen MR) is 62.6 cm³/mol. The first-order chi connectivity index (χ1) is 8.13. The second-order valence-corrected chi connectivity index (χ2v) is 5.21. The summed E-state index contributed by atoms with van der Waals surface area (Å²) in [5, 5.41) is 11.6. The molecule has 1 saturated carbocycles. The maximum Gasteiger partial charge on any atom is 0.303 e. The lowest BCUT2D eigenvalue weighted by atomic mass is 9.96. The summed E-state index contributed by atoms with van der Waals surface area (Å²) in [5.74, 6) is -0.428. The van der Waals surface area contributed by atoms with Crippen molar-refractivity contribution in [2.45, 2.75) is 38.1 Å². The highest BCUT2D eigenvalue weighted by Crippen LogP contribution is 2.19. The van der Waals surface area contributed by atoms with Crippen LogP contribution in [0.1, 0.15) is 32.1 Å². The van der Waals surface area contributed by atoms with E-state index in [1.54, 1.807) is 0 Å². The first kappa shape index (κ1) is 12.4. The normalized spacial score (nSPS) is 22.4. The highest BCUT2D eigenvalue weighted by atomic mass is 16.4. The van der Waals surface area contributed by atoms with Gasteiger partial charge in [0.15, 0.2) is 0 Å². The highest BCUT2D eigenvalue weighted by Gasteiger charge is 2.30. The van der Waals surface area contributed by atoms with Gasteiger partial charge in [0.2, 0.25) is 5.91 Å². The lowest BCUT2D eigenvalue weighted by molar-refractivity contribution is -0.139. The van der Waals surface area contributed by atoms with Crippen molar-refractivity contribution in [2.75, 3.05) is 19.6 Å². The Morgan fingerprint density at radius 3 is 2.47 bits per heavy atom. The van der Waals surface area contributed by atoms with E-state index in [0.29, 0.717) is 12.6 Å². The Labute approximate surface area is 101 Å². The summed E-state index contributed by atoms with van der Waals surface area (Å²) in [5.41, 5.74) is 0. The summed E-state index contributed by atoms with van der Waals surface area (Å²) in [6.07, 6.45) is 4.87. The molecule has 96 valence electrons. The van der Waals surface area contributed by atoms with Crippen LogP contribution in [-0.2, 0) is 9.59 Å². The van der Waals surface area contributed by atoms with Crippen molar-refractivity contribution in [3.05, 3.63) is 0 Å². The van der Waals surface area contributed by atoms with Crippen LogP contribution in [0.5, 0.6) is 0 Å². The largest absolute Gasteiger partial charge is 0.481 e. The summed E-state index contributed by atoms with van der Waals surface area (Å²) >= 11 is 0. The van der Waals surface area contributed by atoms with Gasteiger partial charge in [0.1, 0.15) is 0 Å². The van der Waals surface area contributed by atoms with Crippen LogP contribution in [0.2, 0.25) is 0 Å². The SMILES string of the molecule is O=C(O)CC1CN(CC(=O)NC2CCCC2)C1. The van der Waals surface area contributed by atoms with Gasteiger partial charge < -0.3 is 10.4 Å². The third-order valence-electron chi connectivity index (χ3n) is 3.58. The van der Waals surface area contributed by atoms with Gasteiger partial charge in [0.05, 0.1) is 13.0 Å². The molecule has 1 aliphatic carbocycles. The molecule has 0 aromatic carbocycles. The van der Waals surface area contributed by atoms with E-state index in [-0.39, 0.29) is 18.2 Å². The zero-order valence-corrected chi connectivity index (χ0v) is 10.0. The number of carboxylic acids is 1. The topological polar surface area (TPSA) is 69.6 Å². The molecule has 2 aliphatic rings. The number of nitrogens with zero attached hydrogens (tertiary/aromatic N) is 1. The van der Waals surface area contributed by atoms with Crippen molar-refractivity contribution in [3.8, 4) is 0 Å². The Hall–Kier alpha value is -1.10. The molecule has 2 rings (SSSR count). The molecule has 0 spiro atoms. The van der Waals surface area contributed by atoms with Crippen LogP contribution in [0, 0.1) is 5.92 Å². The number of carboxylic acid groups (broad SMARTS) is 1. The van der Waals surface area contributed by atoms with Crippen molar-refractivity contribution in [1.29, 1.82) is 0 Å². The smallest absolute Gasteiger partial charge is 0.303 e. The Balaban J connectivity index is 1.59. The monoisotopic (exact) mass is 240 g/mol. The molecule has 1 heterocycles. The number of aliphatic carboxylic acids is 1. The number of carbonyl (C=O) groups is 2. The van der Waals surface area contributed by atoms with E-state index >= 15 is 0 Å². The lowest BCUT2D eigenvalue weighted by Gasteiger charge is -2.38. The Kier molecular flexibility index (Phi) is 3.99. The molecule has 5 nitrogen and oxygen atoms in total. The number of amides is 1. The van der Waals surface area contributed by atoms with Crippen LogP contribution < -0.4 is 5.32 Å². The molecule has 0 radical (unpaired) electrons. The molecule has 1 amide bonds. The molecule has 17 heavy (non-hydrogen) atoms. The third-order valence-corrected chi connectivity index (χ3v) is 3.58. The summed E-state index contributed by atoms with van der Waals surface area (Å²) in [7, 11) is 0. The van der Waals surface area contributed by atoms with E-state index in [1.165, 1.54) is 12.8 Å². The van der Waals surface area contributed by atoms with Crippen LogP contribution in [0.3, 0.4) is 0 Å². The Morgan fingerprint density at radius 2 is 1.88 bits per heavy atom. The van der Waals surface area contributed by atoms with Crippen molar-refractivity contribution in [2.24, 2.45) is 5.92 Å². The van der Waals surface area contributed by atoms with Crippen LogP contribution in [-0.4, -0.2) is 47.6 Å². The molecule has 2 fully saturated rings. The number of rotatable bonds is 5. The summed E-state index contributed by atoms with van der Waals surface area (Å²) in [6, 6.07) is 0.374. The quantitative estimate of drug-likeness (QED) is 0.732. The summed E-state index contributed by atoms with van der Waals surface area (Å²) in [6.45, 7) is 1.90. The van der Waals surface area contributed by atoms with Crippen LogP contribution in [0.25, 0.3) is 0 Å². The van der Waals surface area contributed by atoms with E-state index in [0.717, 1.165) is 25.9 Å². The minimum absolute atomic E-state index is 0.0886. The predicted octanol–water partition coefficient (Wildman–Crippen LogP) is 0.452. The number of nitrogens with one attached hydrogen (secondary N) is 1. The average Bonchev–Trinajstić information content (AvgIpc) is 2.66. The van der Waals surface area contributed by atoms with Crippen molar-refractivity contribution >= 4 is 11.9 Å². The minimum Gasteiger partial charge on any atom is -0.481 e. The maximum atomic E-state index is 11.7. The average molecular weight is 240 g/mol. The van der Waals surface area contributed by atoms with Gasteiger partial charge in [0, 0.05) is 19.1 Å². The van der Waals surface area contributed by atoms with E-state index in [4.69, 9.17) is 5.11 Å². The fraction of sp³-hybridized carbons (Fsp3) is 0.833.